The third-order valence-electron chi connectivity index (χ3n) is 0.592. The van der Waals surface area contributed by atoms with E-state index in [1.807, 2.05) is 0 Å². The van der Waals surface area contributed by atoms with Crippen molar-refractivity contribution in [3.8, 4) is 0 Å². The Morgan fingerprint density at radius 2 is 2.44 bits per heavy atom. The molecule has 0 fully saturated rings. The highest BCUT2D eigenvalue weighted by atomic mass is 32.1. The van der Waals surface area contributed by atoms with Crippen LogP contribution in [-0.2, 0) is 0 Å². The van der Waals surface area contributed by atoms with Gasteiger partial charge < -0.3 is 11.5 Å². The van der Waals surface area contributed by atoms with Crippen molar-refractivity contribution >= 4 is 23.3 Å². The summed E-state index contributed by atoms with van der Waals surface area (Å²) in [7, 11) is 0. The molecule has 0 saturated carbocycles. The maximum Gasteiger partial charge on any atom is 0.192 e. The quantitative estimate of drug-likeness (QED) is 0.407. The maximum absolute atomic E-state index is 5.05. The van der Waals surface area contributed by atoms with Crippen molar-refractivity contribution in [3.05, 3.63) is 5.38 Å². The number of aliphatic imine (C=N–C) groups is 1. The first-order valence-corrected chi connectivity index (χ1v) is 2.99. The van der Waals surface area contributed by atoms with Gasteiger partial charge in [0.2, 0.25) is 0 Å². The zero-order valence-electron chi connectivity index (χ0n) is 4.48. The van der Waals surface area contributed by atoms with Gasteiger partial charge >= 0.3 is 0 Å². The third kappa shape index (κ3) is 1.65. The lowest BCUT2D eigenvalue weighted by molar-refractivity contribution is 1.13. The summed E-state index contributed by atoms with van der Waals surface area (Å²) < 4.78 is 3.55. The molecule has 1 rings (SSSR count). The predicted molar refractivity (Wildman–Crippen MR) is 35.4 cm³/mol. The van der Waals surface area contributed by atoms with Gasteiger partial charge in [-0.05, 0) is 11.5 Å². The van der Waals surface area contributed by atoms with Crippen LogP contribution in [0.1, 0.15) is 0 Å². The minimum absolute atomic E-state index is 0.00250. The third-order valence-corrected chi connectivity index (χ3v) is 1.08. The number of rotatable bonds is 1. The van der Waals surface area contributed by atoms with E-state index in [4.69, 9.17) is 11.5 Å². The van der Waals surface area contributed by atoms with Crippen LogP contribution < -0.4 is 11.5 Å². The number of nitrogens with zero attached hydrogens (tertiary/aromatic N) is 3. The van der Waals surface area contributed by atoms with E-state index in [1.54, 1.807) is 5.38 Å². The van der Waals surface area contributed by atoms with E-state index in [9.17, 15) is 0 Å². The molecule has 0 aromatic carbocycles. The molecule has 9 heavy (non-hydrogen) atoms. The van der Waals surface area contributed by atoms with Crippen molar-refractivity contribution in [1.29, 1.82) is 0 Å². The topological polar surface area (TPSA) is 90.2 Å². The summed E-state index contributed by atoms with van der Waals surface area (Å²) >= 11 is 1.20. The molecule has 0 aliphatic carbocycles. The van der Waals surface area contributed by atoms with Crippen LogP contribution in [0, 0.1) is 0 Å². The highest BCUT2D eigenvalue weighted by Gasteiger charge is 1.89. The summed E-state index contributed by atoms with van der Waals surface area (Å²) in [6.45, 7) is 0. The first kappa shape index (κ1) is 5.96. The SMILES string of the molecule is NC(N)=Nc1csnn1. The molecule has 48 valence electrons. The van der Waals surface area contributed by atoms with Crippen LogP contribution in [0.5, 0.6) is 0 Å². The number of hydrogen-bond donors (Lipinski definition) is 2. The zero-order valence-corrected chi connectivity index (χ0v) is 5.30. The average molecular weight is 143 g/mol. The second-order valence-electron chi connectivity index (χ2n) is 1.30. The molecule has 0 radical (unpaired) electrons. The predicted octanol–water partition coefficient (Wildman–Crippen LogP) is -0.557. The number of hydrogen-bond acceptors (Lipinski definition) is 4. The fourth-order valence-corrected chi connectivity index (χ4v) is 0.713. The van der Waals surface area contributed by atoms with Gasteiger partial charge in [-0.3, -0.25) is 0 Å². The number of guanidine groups is 1. The Bertz CT molecular complexity index is 198. The molecule has 0 unspecified atom stereocenters. The van der Waals surface area contributed by atoms with E-state index in [-0.39, 0.29) is 5.96 Å². The Morgan fingerprint density at radius 3 is 2.89 bits per heavy atom. The molecule has 0 amide bonds. The van der Waals surface area contributed by atoms with Gasteiger partial charge in [0, 0.05) is 0 Å². The maximum atomic E-state index is 5.05. The Hall–Kier alpha value is -1.17. The van der Waals surface area contributed by atoms with Crippen LogP contribution in [0.25, 0.3) is 0 Å². The normalized spacial score (nSPS) is 8.89. The Labute approximate surface area is 55.6 Å². The lowest BCUT2D eigenvalue weighted by Gasteiger charge is -1.83. The molecule has 1 heterocycles. The summed E-state index contributed by atoms with van der Waals surface area (Å²) in [5.74, 6) is 0.461. The highest BCUT2D eigenvalue weighted by molar-refractivity contribution is 7.03. The Kier molecular flexibility index (Phi) is 1.59. The lowest BCUT2D eigenvalue weighted by atomic mass is 10.8. The molecule has 0 atom stereocenters. The molecule has 4 N–H and O–H groups in total. The van der Waals surface area contributed by atoms with Crippen molar-refractivity contribution < 1.29 is 0 Å². The van der Waals surface area contributed by atoms with Gasteiger partial charge in [0.05, 0.1) is 5.38 Å². The van der Waals surface area contributed by atoms with Gasteiger partial charge in [-0.15, -0.1) is 5.10 Å². The number of nitrogens with two attached hydrogens (primary N) is 2. The molecular weight excluding hydrogens is 138 g/mol. The summed E-state index contributed by atoms with van der Waals surface area (Å²) in [5, 5.41) is 5.23. The van der Waals surface area contributed by atoms with Crippen molar-refractivity contribution in [2.75, 3.05) is 0 Å². The molecule has 6 heteroatoms. The molecule has 0 spiro atoms. The second-order valence-corrected chi connectivity index (χ2v) is 1.91. The van der Waals surface area contributed by atoms with Crippen molar-refractivity contribution in [2.24, 2.45) is 16.5 Å². The van der Waals surface area contributed by atoms with Gasteiger partial charge in [0.25, 0.3) is 0 Å². The average Bonchev–Trinajstić information content (AvgIpc) is 2.15. The highest BCUT2D eigenvalue weighted by Crippen LogP contribution is 2.05. The molecule has 0 aliphatic heterocycles. The van der Waals surface area contributed by atoms with Crippen molar-refractivity contribution in [3.63, 3.8) is 0 Å². The van der Waals surface area contributed by atoms with Crippen LogP contribution in [0.15, 0.2) is 10.4 Å². The minimum atomic E-state index is 0.00250. The lowest BCUT2D eigenvalue weighted by Crippen LogP contribution is -2.21. The molecule has 1 aromatic heterocycles. The summed E-state index contributed by atoms with van der Waals surface area (Å²) in [5.41, 5.74) is 10.1. The van der Waals surface area contributed by atoms with Crippen molar-refractivity contribution in [1.82, 2.24) is 9.59 Å². The van der Waals surface area contributed by atoms with E-state index >= 15 is 0 Å². The van der Waals surface area contributed by atoms with Crippen LogP contribution in [0.3, 0.4) is 0 Å². The van der Waals surface area contributed by atoms with Gasteiger partial charge in [-0.1, -0.05) is 4.49 Å². The molecule has 0 aliphatic rings. The van der Waals surface area contributed by atoms with Crippen LogP contribution in [0.2, 0.25) is 0 Å². The van der Waals surface area contributed by atoms with E-state index in [0.717, 1.165) is 0 Å². The Morgan fingerprint density at radius 1 is 1.67 bits per heavy atom. The monoisotopic (exact) mass is 143 g/mol. The standard InChI is InChI=1S/C3H5N5S/c4-3(5)6-2-1-9-8-7-2/h1H,(H4,4,5,6). The van der Waals surface area contributed by atoms with Crippen LogP contribution in [0.4, 0.5) is 5.82 Å². The van der Waals surface area contributed by atoms with Gasteiger partial charge in [-0.2, -0.15) is 4.99 Å². The molecule has 0 saturated heterocycles. The molecule has 0 bridgehead atoms. The fourth-order valence-electron chi connectivity index (χ4n) is 0.341. The Balaban J connectivity index is 2.80. The molecule has 1 aromatic rings. The van der Waals surface area contributed by atoms with Gasteiger partial charge in [0.15, 0.2) is 11.8 Å². The largest absolute Gasteiger partial charge is 0.370 e. The van der Waals surface area contributed by atoms with Crippen LogP contribution >= 0.6 is 11.5 Å². The first-order valence-electron chi connectivity index (χ1n) is 2.16. The van der Waals surface area contributed by atoms with E-state index in [2.05, 4.69) is 14.6 Å². The van der Waals surface area contributed by atoms with E-state index in [1.165, 1.54) is 11.5 Å². The van der Waals surface area contributed by atoms with Gasteiger partial charge in [0.1, 0.15) is 0 Å². The smallest absolute Gasteiger partial charge is 0.192 e. The summed E-state index contributed by atoms with van der Waals surface area (Å²) in [6.07, 6.45) is 0. The van der Waals surface area contributed by atoms with E-state index in [0.29, 0.717) is 5.82 Å². The van der Waals surface area contributed by atoms with Crippen LogP contribution in [-0.4, -0.2) is 15.5 Å². The van der Waals surface area contributed by atoms with Gasteiger partial charge in [-0.25, -0.2) is 0 Å². The molecular formula is C3H5N5S. The summed E-state index contributed by atoms with van der Waals surface area (Å²) in [4.78, 5) is 3.63. The fraction of sp³-hybridized carbons (Fsp3) is 0. The number of aromatic nitrogens is 2. The van der Waals surface area contributed by atoms with Crippen molar-refractivity contribution in [2.45, 2.75) is 0 Å². The molecule has 5 nitrogen and oxygen atoms in total. The second kappa shape index (κ2) is 2.40. The van der Waals surface area contributed by atoms with E-state index < -0.39 is 0 Å². The minimum Gasteiger partial charge on any atom is -0.370 e. The first-order chi connectivity index (χ1) is 4.29. The summed E-state index contributed by atoms with van der Waals surface area (Å²) in [6, 6.07) is 0. The zero-order chi connectivity index (χ0) is 6.69.